The minimum absolute atomic E-state index is 0.0181. The number of benzene rings is 2. The number of carbonyl (C=O) groups excluding carboxylic acids is 2. The number of esters is 1. The van der Waals surface area contributed by atoms with Crippen molar-refractivity contribution in [2.45, 2.75) is 42.3 Å². The van der Waals surface area contributed by atoms with Gasteiger partial charge < -0.3 is 9.64 Å². The van der Waals surface area contributed by atoms with Gasteiger partial charge in [0.2, 0.25) is 16.4 Å². The van der Waals surface area contributed by atoms with Crippen molar-refractivity contribution in [3.8, 4) is 0 Å². The molecule has 1 amide bonds. The Hall–Kier alpha value is -2.71. The predicted molar refractivity (Wildman–Crippen MR) is 117 cm³/mol. The van der Waals surface area contributed by atoms with E-state index in [9.17, 15) is 18.0 Å². The molecule has 0 aromatic heterocycles. The maximum absolute atomic E-state index is 13.8. The first-order chi connectivity index (χ1) is 15.4. The van der Waals surface area contributed by atoms with Gasteiger partial charge in [-0.15, -0.1) is 0 Å². The van der Waals surface area contributed by atoms with E-state index < -0.39 is 33.6 Å². The smallest absolute Gasteiger partial charge is 0.332 e. The molecule has 5 atom stereocenters. The fourth-order valence-corrected chi connectivity index (χ4v) is 8.00. The topological polar surface area (TPSA) is 84.0 Å². The first kappa shape index (κ1) is 21.2. The molecule has 0 N–H and O–H groups in total. The lowest BCUT2D eigenvalue weighted by Crippen LogP contribution is -2.53. The molecule has 2 heterocycles. The molecule has 32 heavy (non-hydrogen) atoms. The fraction of sp³-hybridized carbons (Fsp3) is 0.417. The molecule has 1 saturated carbocycles. The molecule has 7 nitrogen and oxygen atoms in total. The summed E-state index contributed by atoms with van der Waals surface area (Å²) in [5.41, 5.74) is 0.637. The highest BCUT2D eigenvalue weighted by atomic mass is 32.2. The third-order valence-electron chi connectivity index (χ3n) is 7.58. The highest BCUT2D eigenvalue weighted by Crippen LogP contribution is 2.62. The molecule has 2 aromatic carbocycles. The maximum atomic E-state index is 13.8. The van der Waals surface area contributed by atoms with E-state index in [-0.39, 0.29) is 16.7 Å². The van der Waals surface area contributed by atoms with E-state index in [0.717, 1.165) is 11.1 Å². The maximum Gasteiger partial charge on any atom is 0.332 e. The van der Waals surface area contributed by atoms with Crippen LogP contribution in [0.5, 0.6) is 0 Å². The van der Waals surface area contributed by atoms with Crippen LogP contribution in [0.25, 0.3) is 0 Å². The molecule has 3 fully saturated rings. The highest BCUT2D eigenvalue weighted by molar-refractivity contribution is 7.89. The molecule has 2 aliphatic heterocycles. The van der Waals surface area contributed by atoms with Gasteiger partial charge in [0.05, 0.1) is 24.1 Å². The summed E-state index contributed by atoms with van der Waals surface area (Å²) in [5, 5.41) is 0. The number of methoxy groups -OCH3 is 1. The number of aryl methyl sites for hydroxylation is 1. The summed E-state index contributed by atoms with van der Waals surface area (Å²) >= 11 is 0. The molecule has 2 saturated heterocycles. The van der Waals surface area contributed by atoms with E-state index in [2.05, 4.69) is 0 Å². The molecule has 3 aliphatic rings. The van der Waals surface area contributed by atoms with Gasteiger partial charge in [0.15, 0.2) is 0 Å². The number of hydrogen-bond acceptors (Lipinski definition) is 5. The number of amides is 1. The van der Waals surface area contributed by atoms with Crippen LogP contribution in [0.4, 0.5) is 0 Å². The number of nitrogens with zero attached hydrogens (tertiary/aromatic N) is 2. The second kappa shape index (κ2) is 7.42. The van der Waals surface area contributed by atoms with Crippen LogP contribution in [0.3, 0.4) is 0 Å². The normalized spacial score (nSPS) is 31.5. The zero-order chi connectivity index (χ0) is 22.7. The van der Waals surface area contributed by atoms with Gasteiger partial charge >= 0.3 is 5.97 Å². The van der Waals surface area contributed by atoms with Crippen molar-refractivity contribution >= 4 is 22.4 Å². The van der Waals surface area contributed by atoms with Gasteiger partial charge in [-0.25, -0.2) is 13.2 Å². The van der Waals surface area contributed by atoms with Crippen molar-refractivity contribution in [1.82, 2.24) is 9.21 Å². The number of ether oxygens (including phenoxy) is 1. The lowest BCUT2D eigenvalue weighted by molar-refractivity contribution is -0.159. The van der Waals surface area contributed by atoms with E-state index in [1.165, 1.54) is 11.4 Å². The van der Waals surface area contributed by atoms with E-state index in [4.69, 9.17) is 4.74 Å². The van der Waals surface area contributed by atoms with Gasteiger partial charge in [0.1, 0.15) is 5.54 Å². The van der Waals surface area contributed by atoms with Crippen LogP contribution >= 0.6 is 0 Å². The lowest BCUT2D eigenvalue weighted by atomic mass is 9.83. The van der Waals surface area contributed by atoms with Crippen LogP contribution in [0.2, 0.25) is 0 Å². The molecule has 168 valence electrons. The van der Waals surface area contributed by atoms with Crippen molar-refractivity contribution in [2.75, 3.05) is 13.7 Å². The summed E-state index contributed by atoms with van der Waals surface area (Å²) in [5.74, 6) is -0.795. The molecule has 2 aromatic rings. The number of hydrogen-bond donors (Lipinski definition) is 0. The summed E-state index contributed by atoms with van der Waals surface area (Å²) in [4.78, 5) is 27.4. The Bertz CT molecular complexity index is 1150. The van der Waals surface area contributed by atoms with E-state index in [0.29, 0.717) is 25.8 Å². The minimum Gasteiger partial charge on any atom is -0.467 e. The molecular formula is C24H26N2O5S. The van der Waals surface area contributed by atoms with Gasteiger partial charge in [0, 0.05) is 12.5 Å². The quantitative estimate of drug-likeness (QED) is 0.512. The molecule has 8 heteroatoms. The van der Waals surface area contributed by atoms with Crippen LogP contribution < -0.4 is 0 Å². The average molecular weight is 455 g/mol. The van der Waals surface area contributed by atoms with Crippen molar-refractivity contribution in [1.29, 1.82) is 0 Å². The van der Waals surface area contributed by atoms with E-state index in [1.807, 2.05) is 37.3 Å². The first-order valence-electron chi connectivity index (χ1n) is 10.8. The second-order valence-electron chi connectivity index (χ2n) is 8.99. The zero-order valence-corrected chi connectivity index (χ0v) is 18.9. The molecule has 5 rings (SSSR count). The molecule has 0 bridgehead atoms. The SMILES string of the molecule is COC(=O)[C@]12CC[C@H]3CN(S(=O)(=O)c4ccc(C)cc4)[C@H]([C@H]31)[C@H](c1ccccc1)N2C=O. The number of carbonyl (C=O) groups is 2. The van der Waals surface area contributed by atoms with Crippen LogP contribution in [0, 0.1) is 18.8 Å². The number of rotatable bonds is 5. The van der Waals surface area contributed by atoms with Crippen LogP contribution in [-0.4, -0.2) is 55.2 Å². The molecule has 1 aliphatic carbocycles. The summed E-state index contributed by atoms with van der Waals surface area (Å²) in [7, 11) is -2.50. The highest BCUT2D eigenvalue weighted by Gasteiger charge is 2.73. The molecule has 0 radical (unpaired) electrons. The number of sulfonamides is 1. The largest absolute Gasteiger partial charge is 0.467 e. The molecule has 0 unspecified atom stereocenters. The van der Waals surface area contributed by atoms with Gasteiger partial charge in [-0.1, -0.05) is 48.0 Å². The van der Waals surface area contributed by atoms with Gasteiger partial charge in [-0.2, -0.15) is 4.31 Å². The van der Waals surface area contributed by atoms with Crippen molar-refractivity contribution in [2.24, 2.45) is 11.8 Å². The Morgan fingerprint density at radius 1 is 1.12 bits per heavy atom. The Morgan fingerprint density at radius 2 is 1.81 bits per heavy atom. The summed E-state index contributed by atoms with van der Waals surface area (Å²) < 4.78 is 34.3. The fourth-order valence-electron chi connectivity index (χ4n) is 6.30. The molecular weight excluding hydrogens is 428 g/mol. The Kier molecular flexibility index (Phi) is 4.90. The Balaban J connectivity index is 1.69. The predicted octanol–water partition coefficient (Wildman–Crippen LogP) is 2.52. The van der Waals surface area contributed by atoms with Gasteiger partial charge in [-0.05, 0) is 43.4 Å². The lowest BCUT2D eigenvalue weighted by Gasteiger charge is -2.36. The summed E-state index contributed by atoms with van der Waals surface area (Å²) in [6.07, 6.45) is 1.85. The van der Waals surface area contributed by atoms with Crippen LogP contribution in [-0.2, 0) is 24.3 Å². The minimum atomic E-state index is -3.83. The molecule has 0 spiro atoms. The Morgan fingerprint density at radius 3 is 2.44 bits per heavy atom. The third-order valence-corrected chi connectivity index (χ3v) is 9.45. The van der Waals surface area contributed by atoms with Gasteiger partial charge in [-0.3, -0.25) is 4.79 Å². The van der Waals surface area contributed by atoms with E-state index in [1.54, 1.807) is 29.2 Å². The monoisotopic (exact) mass is 454 g/mol. The second-order valence-corrected chi connectivity index (χ2v) is 10.9. The van der Waals surface area contributed by atoms with Crippen molar-refractivity contribution in [3.63, 3.8) is 0 Å². The summed E-state index contributed by atoms with van der Waals surface area (Å²) in [6, 6.07) is 15.1. The zero-order valence-electron chi connectivity index (χ0n) is 18.0. The van der Waals surface area contributed by atoms with Gasteiger partial charge in [0.25, 0.3) is 0 Å². The van der Waals surface area contributed by atoms with Crippen molar-refractivity contribution in [3.05, 3.63) is 65.7 Å². The van der Waals surface area contributed by atoms with Crippen LogP contribution in [0.15, 0.2) is 59.5 Å². The average Bonchev–Trinajstić information content (AvgIpc) is 3.45. The van der Waals surface area contributed by atoms with Crippen molar-refractivity contribution < 1.29 is 22.7 Å². The standard InChI is InChI=1S/C24H26N2O5S/c1-16-8-10-19(11-9-16)32(29,30)26-14-18-12-13-24(23(28)31-2)20(18)22(26)21(25(24)15-27)17-6-4-3-5-7-17/h3-11,15,18,20-22H,12-14H2,1-2H3/t18-,20-,21-,22+,24-/m0/s1. The first-order valence-corrected chi connectivity index (χ1v) is 12.3. The number of likely N-dealkylation sites (tertiary alicyclic amines) is 1. The Labute approximate surface area is 188 Å². The third kappa shape index (κ3) is 2.72. The summed E-state index contributed by atoms with van der Waals surface area (Å²) in [6.45, 7) is 2.24. The van der Waals surface area contributed by atoms with Crippen LogP contribution in [0.1, 0.15) is 30.0 Å². The van der Waals surface area contributed by atoms with E-state index >= 15 is 0 Å².